The first kappa shape index (κ1) is 20.9. The van der Waals surface area contributed by atoms with Gasteiger partial charge in [-0.3, -0.25) is 4.99 Å². The predicted molar refractivity (Wildman–Crippen MR) is 98.8 cm³/mol. The third-order valence-electron chi connectivity index (χ3n) is 3.32. The number of nitrogens with zero attached hydrogens (tertiary/aromatic N) is 2. The highest BCUT2D eigenvalue weighted by Crippen LogP contribution is 2.15. The number of likely N-dealkylation sites (tertiary alicyclic amines) is 1. The number of rotatable bonds is 4. The van der Waals surface area contributed by atoms with E-state index in [1.807, 2.05) is 13.8 Å². The molecule has 21 heavy (non-hydrogen) atoms. The SMILES string of the molecule is CN=C(NCC(C)(C)NS(C)(=O)=O)N1CCCC(C)C1.I. The monoisotopic (exact) mass is 432 g/mol. The van der Waals surface area contributed by atoms with E-state index >= 15 is 0 Å². The van der Waals surface area contributed by atoms with E-state index in [1.54, 1.807) is 7.05 Å². The maximum absolute atomic E-state index is 11.3. The van der Waals surface area contributed by atoms with Crippen LogP contribution in [0.15, 0.2) is 4.99 Å². The van der Waals surface area contributed by atoms with E-state index in [0.717, 1.165) is 19.0 Å². The molecule has 0 saturated carbocycles. The molecule has 0 aliphatic carbocycles. The van der Waals surface area contributed by atoms with Crippen LogP contribution in [-0.4, -0.2) is 57.8 Å². The summed E-state index contributed by atoms with van der Waals surface area (Å²) in [6.07, 6.45) is 3.61. The van der Waals surface area contributed by atoms with Crippen molar-refractivity contribution in [1.82, 2.24) is 14.9 Å². The van der Waals surface area contributed by atoms with E-state index in [4.69, 9.17) is 0 Å². The quantitative estimate of drug-likeness (QED) is 0.398. The Bertz CT molecular complexity index is 451. The van der Waals surface area contributed by atoms with Crippen LogP contribution >= 0.6 is 24.0 Å². The molecule has 0 bridgehead atoms. The summed E-state index contributed by atoms with van der Waals surface area (Å²) in [5.41, 5.74) is -0.551. The molecular weight excluding hydrogens is 403 g/mol. The van der Waals surface area contributed by atoms with Crippen molar-refractivity contribution >= 4 is 40.0 Å². The number of aliphatic imine (C=N–C) groups is 1. The van der Waals surface area contributed by atoms with Crippen LogP contribution in [0.1, 0.15) is 33.6 Å². The third kappa shape index (κ3) is 8.20. The standard InChI is InChI=1S/C13H28N4O2S.HI/c1-11-7-6-8-17(9-11)12(14-4)15-10-13(2,3)16-20(5,18)19;/h11,16H,6-10H2,1-5H3,(H,14,15);1H. The fraction of sp³-hybridized carbons (Fsp3) is 0.923. The summed E-state index contributed by atoms with van der Waals surface area (Å²) >= 11 is 0. The minimum absolute atomic E-state index is 0. The van der Waals surface area contributed by atoms with Gasteiger partial charge in [0.2, 0.25) is 10.0 Å². The van der Waals surface area contributed by atoms with E-state index in [-0.39, 0.29) is 24.0 Å². The second-order valence-corrected chi connectivity index (χ2v) is 8.10. The normalized spacial score (nSPS) is 20.9. The first-order valence-electron chi connectivity index (χ1n) is 7.07. The molecule has 2 N–H and O–H groups in total. The van der Waals surface area contributed by atoms with Crippen LogP contribution in [0.4, 0.5) is 0 Å². The predicted octanol–water partition coefficient (Wildman–Crippen LogP) is 1.24. The van der Waals surface area contributed by atoms with Crippen LogP contribution < -0.4 is 10.0 Å². The van der Waals surface area contributed by atoms with Gasteiger partial charge in [0.15, 0.2) is 5.96 Å². The van der Waals surface area contributed by atoms with Gasteiger partial charge in [-0.15, -0.1) is 24.0 Å². The molecule has 1 aliphatic rings. The zero-order valence-electron chi connectivity index (χ0n) is 13.6. The van der Waals surface area contributed by atoms with Gasteiger partial charge in [0, 0.05) is 32.2 Å². The van der Waals surface area contributed by atoms with Gasteiger partial charge in [-0.1, -0.05) is 6.92 Å². The van der Waals surface area contributed by atoms with Gasteiger partial charge >= 0.3 is 0 Å². The highest BCUT2D eigenvalue weighted by Gasteiger charge is 2.24. The van der Waals surface area contributed by atoms with Gasteiger partial charge in [-0.25, -0.2) is 13.1 Å². The number of halogens is 1. The lowest BCUT2D eigenvalue weighted by atomic mass is 10.0. The van der Waals surface area contributed by atoms with Crippen molar-refractivity contribution < 1.29 is 8.42 Å². The maximum Gasteiger partial charge on any atom is 0.209 e. The van der Waals surface area contributed by atoms with E-state index in [0.29, 0.717) is 12.5 Å². The van der Waals surface area contributed by atoms with Crippen LogP contribution in [0.25, 0.3) is 0 Å². The number of guanidine groups is 1. The molecule has 8 heteroatoms. The Labute approximate surface area is 146 Å². The molecular formula is C13H29IN4O2S. The summed E-state index contributed by atoms with van der Waals surface area (Å²) in [5, 5.41) is 3.27. The van der Waals surface area contributed by atoms with Crippen molar-refractivity contribution in [3.63, 3.8) is 0 Å². The molecule has 0 amide bonds. The van der Waals surface area contributed by atoms with Gasteiger partial charge in [0.1, 0.15) is 0 Å². The van der Waals surface area contributed by atoms with Crippen molar-refractivity contribution in [3.05, 3.63) is 0 Å². The Morgan fingerprint density at radius 1 is 1.43 bits per heavy atom. The Morgan fingerprint density at radius 3 is 2.52 bits per heavy atom. The van der Waals surface area contributed by atoms with Crippen LogP contribution in [0.3, 0.4) is 0 Å². The van der Waals surface area contributed by atoms with Crippen molar-refractivity contribution in [2.45, 2.75) is 39.2 Å². The van der Waals surface area contributed by atoms with E-state index in [2.05, 4.69) is 26.9 Å². The molecule has 0 spiro atoms. The smallest absolute Gasteiger partial charge is 0.209 e. The van der Waals surface area contributed by atoms with Crippen LogP contribution in [0.5, 0.6) is 0 Å². The highest BCUT2D eigenvalue weighted by atomic mass is 127. The number of sulfonamides is 1. The van der Waals surface area contributed by atoms with Gasteiger partial charge in [0.25, 0.3) is 0 Å². The molecule has 1 unspecified atom stereocenters. The fourth-order valence-electron chi connectivity index (χ4n) is 2.55. The van der Waals surface area contributed by atoms with Crippen LogP contribution in [0.2, 0.25) is 0 Å². The van der Waals surface area contributed by atoms with Gasteiger partial charge in [-0.2, -0.15) is 0 Å². The first-order chi connectivity index (χ1) is 9.13. The minimum Gasteiger partial charge on any atom is -0.354 e. The summed E-state index contributed by atoms with van der Waals surface area (Å²) in [6.45, 7) is 8.45. The molecule has 6 nitrogen and oxygen atoms in total. The zero-order valence-corrected chi connectivity index (χ0v) is 16.8. The summed E-state index contributed by atoms with van der Waals surface area (Å²) in [5.74, 6) is 1.52. The molecule has 0 radical (unpaired) electrons. The van der Waals surface area contributed by atoms with Gasteiger partial charge < -0.3 is 10.2 Å². The molecule has 1 fully saturated rings. The van der Waals surface area contributed by atoms with E-state index in [9.17, 15) is 8.42 Å². The summed E-state index contributed by atoms with van der Waals surface area (Å²) in [7, 11) is -1.45. The van der Waals surface area contributed by atoms with Gasteiger partial charge in [0.05, 0.1) is 6.26 Å². The molecule has 0 aromatic rings. The molecule has 1 rings (SSSR count). The molecule has 1 atom stereocenters. The second kappa shape index (κ2) is 8.52. The Morgan fingerprint density at radius 2 is 2.05 bits per heavy atom. The lowest BCUT2D eigenvalue weighted by Gasteiger charge is -2.35. The Hall–Kier alpha value is -0.0900. The van der Waals surface area contributed by atoms with Gasteiger partial charge in [-0.05, 0) is 32.6 Å². The Balaban J connectivity index is 0.00000400. The van der Waals surface area contributed by atoms with Crippen LogP contribution in [-0.2, 0) is 10.0 Å². The van der Waals surface area contributed by atoms with Crippen molar-refractivity contribution in [2.24, 2.45) is 10.9 Å². The average molecular weight is 432 g/mol. The fourth-order valence-corrected chi connectivity index (χ4v) is 3.63. The summed E-state index contributed by atoms with van der Waals surface area (Å²) in [6, 6.07) is 0. The molecule has 1 heterocycles. The largest absolute Gasteiger partial charge is 0.354 e. The minimum atomic E-state index is -3.21. The van der Waals surface area contributed by atoms with Crippen molar-refractivity contribution in [2.75, 3.05) is 32.9 Å². The highest BCUT2D eigenvalue weighted by molar-refractivity contribution is 14.0. The number of nitrogens with one attached hydrogen (secondary N) is 2. The Kier molecular flexibility index (Phi) is 8.48. The van der Waals surface area contributed by atoms with Crippen molar-refractivity contribution in [1.29, 1.82) is 0 Å². The third-order valence-corrected chi connectivity index (χ3v) is 4.24. The molecule has 0 aromatic carbocycles. The molecule has 1 saturated heterocycles. The second-order valence-electron chi connectivity index (χ2n) is 6.35. The summed E-state index contributed by atoms with van der Waals surface area (Å²) < 4.78 is 25.3. The van der Waals surface area contributed by atoms with Crippen molar-refractivity contribution in [3.8, 4) is 0 Å². The summed E-state index contributed by atoms with van der Waals surface area (Å²) in [4.78, 5) is 6.54. The molecule has 0 aromatic heterocycles. The first-order valence-corrected chi connectivity index (χ1v) is 8.96. The number of hydrogen-bond donors (Lipinski definition) is 2. The zero-order chi connectivity index (χ0) is 15.4. The number of hydrogen-bond acceptors (Lipinski definition) is 3. The average Bonchev–Trinajstić information content (AvgIpc) is 2.26. The molecule has 1 aliphatic heterocycles. The maximum atomic E-state index is 11.3. The van der Waals surface area contributed by atoms with Crippen LogP contribution in [0, 0.1) is 5.92 Å². The van der Waals surface area contributed by atoms with E-state index < -0.39 is 15.6 Å². The lowest BCUT2D eigenvalue weighted by Crippen LogP contribution is -2.54. The lowest BCUT2D eigenvalue weighted by molar-refractivity contribution is 0.264. The van der Waals surface area contributed by atoms with E-state index in [1.165, 1.54) is 19.1 Å². The number of piperidine rings is 1. The topological polar surface area (TPSA) is 73.8 Å². The molecule has 126 valence electrons.